The molecule has 2 heterocycles. The van der Waals surface area contributed by atoms with Crippen LogP contribution in [-0.2, 0) is 22.9 Å². The Morgan fingerprint density at radius 3 is 2.59 bits per heavy atom. The van der Waals surface area contributed by atoms with Crippen molar-refractivity contribution in [2.45, 2.75) is 20.0 Å². The first kappa shape index (κ1) is 12.6. The maximum Gasteiger partial charge on any atom is 0.152 e. The smallest absolute Gasteiger partial charge is 0.152 e. The molecular weight excluding hydrogens is 240 g/mol. The molecule has 2 N–H and O–H groups in total. The first-order chi connectivity index (χ1) is 8.00. The predicted octanol–water partition coefficient (Wildman–Crippen LogP) is 0.277. The highest BCUT2D eigenvalue weighted by Crippen LogP contribution is 2.16. The molecule has 1 aromatic heterocycles. The average molecular weight is 258 g/mol. The maximum absolute atomic E-state index is 11.3. The van der Waals surface area contributed by atoms with Gasteiger partial charge in [0.2, 0.25) is 0 Å². The minimum absolute atomic E-state index is 0.246. The molecular formula is C11H18N2O3S. The van der Waals surface area contributed by atoms with Crippen LogP contribution in [0.2, 0.25) is 0 Å². The Labute approximate surface area is 101 Å². The number of nitrogens with zero attached hydrogens (tertiary/aromatic N) is 1. The first-order valence-corrected chi connectivity index (χ1v) is 7.53. The molecule has 1 aromatic rings. The predicted molar refractivity (Wildman–Crippen MR) is 65.3 cm³/mol. The topological polar surface area (TPSA) is 76.5 Å². The third-order valence-corrected chi connectivity index (χ3v) is 4.72. The third-order valence-electron chi connectivity index (χ3n) is 3.11. The number of rotatable bonds is 3. The van der Waals surface area contributed by atoms with Gasteiger partial charge in [-0.25, -0.2) is 8.42 Å². The maximum atomic E-state index is 11.3. The molecule has 1 aliphatic heterocycles. The zero-order valence-corrected chi connectivity index (χ0v) is 10.8. The molecule has 0 saturated carbocycles. The minimum Gasteiger partial charge on any atom is -0.465 e. The lowest BCUT2D eigenvalue weighted by Crippen LogP contribution is -2.39. The van der Waals surface area contributed by atoms with Crippen molar-refractivity contribution in [3.05, 3.63) is 23.2 Å². The third kappa shape index (κ3) is 3.08. The van der Waals surface area contributed by atoms with Gasteiger partial charge in [-0.05, 0) is 13.0 Å². The van der Waals surface area contributed by atoms with Crippen LogP contribution in [0, 0.1) is 6.92 Å². The number of aryl methyl sites for hydroxylation is 1. The zero-order valence-electron chi connectivity index (χ0n) is 9.98. The molecule has 1 fully saturated rings. The summed E-state index contributed by atoms with van der Waals surface area (Å²) in [4.78, 5) is 2.10. The van der Waals surface area contributed by atoms with Crippen molar-refractivity contribution >= 4 is 9.84 Å². The summed E-state index contributed by atoms with van der Waals surface area (Å²) in [6.07, 6.45) is 0. The SMILES string of the molecule is Cc1oc(CN2CCS(=O)(=O)CC2)cc1CN. The van der Waals surface area contributed by atoms with Crippen LogP contribution in [-0.4, -0.2) is 37.9 Å². The molecule has 0 radical (unpaired) electrons. The van der Waals surface area contributed by atoms with Gasteiger partial charge in [0.05, 0.1) is 18.1 Å². The van der Waals surface area contributed by atoms with Crippen LogP contribution in [0.15, 0.2) is 10.5 Å². The quantitative estimate of drug-likeness (QED) is 0.842. The van der Waals surface area contributed by atoms with Crippen molar-refractivity contribution in [1.29, 1.82) is 0 Å². The van der Waals surface area contributed by atoms with Crippen LogP contribution in [0.3, 0.4) is 0 Å². The molecule has 0 spiro atoms. The largest absolute Gasteiger partial charge is 0.465 e. The van der Waals surface area contributed by atoms with Crippen LogP contribution < -0.4 is 5.73 Å². The van der Waals surface area contributed by atoms with Gasteiger partial charge >= 0.3 is 0 Å². The van der Waals surface area contributed by atoms with E-state index in [1.165, 1.54) is 0 Å². The molecule has 1 aliphatic rings. The molecule has 17 heavy (non-hydrogen) atoms. The standard InChI is InChI=1S/C11H18N2O3S/c1-9-10(7-12)6-11(16-9)8-13-2-4-17(14,15)5-3-13/h6H,2-5,7-8,12H2,1H3. The first-order valence-electron chi connectivity index (χ1n) is 5.71. The molecule has 5 nitrogen and oxygen atoms in total. The van der Waals surface area contributed by atoms with Crippen LogP contribution in [0.4, 0.5) is 0 Å². The lowest BCUT2D eigenvalue weighted by atomic mass is 10.2. The average Bonchev–Trinajstić information content (AvgIpc) is 2.62. The molecule has 6 heteroatoms. The van der Waals surface area contributed by atoms with E-state index in [0.717, 1.165) is 17.1 Å². The highest BCUT2D eigenvalue weighted by Gasteiger charge is 2.22. The highest BCUT2D eigenvalue weighted by molar-refractivity contribution is 7.91. The fourth-order valence-electron chi connectivity index (χ4n) is 2.00. The van der Waals surface area contributed by atoms with Gasteiger partial charge in [0.25, 0.3) is 0 Å². The van der Waals surface area contributed by atoms with E-state index < -0.39 is 9.84 Å². The summed E-state index contributed by atoms with van der Waals surface area (Å²) in [6.45, 7) is 4.20. The number of sulfone groups is 1. The summed E-state index contributed by atoms with van der Waals surface area (Å²) in [5.74, 6) is 2.21. The summed E-state index contributed by atoms with van der Waals surface area (Å²) >= 11 is 0. The van der Waals surface area contributed by atoms with E-state index in [0.29, 0.717) is 26.2 Å². The fraction of sp³-hybridized carbons (Fsp3) is 0.636. The van der Waals surface area contributed by atoms with Crippen LogP contribution in [0.5, 0.6) is 0 Å². The Morgan fingerprint density at radius 1 is 1.41 bits per heavy atom. The van der Waals surface area contributed by atoms with E-state index in [1.807, 2.05) is 13.0 Å². The molecule has 0 unspecified atom stereocenters. The second-order valence-corrected chi connectivity index (χ2v) is 6.73. The summed E-state index contributed by atoms with van der Waals surface area (Å²) in [5.41, 5.74) is 6.60. The van der Waals surface area contributed by atoms with Crippen LogP contribution in [0.25, 0.3) is 0 Å². The molecule has 0 bridgehead atoms. The molecule has 0 aromatic carbocycles. The monoisotopic (exact) mass is 258 g/mol. The van der Waals surface area contributed by atoms with E-state index in [2.05, 4.69) is 4.90 Å². The summed E-state index contributed by atoms with van der Waals surface area (Å²) in [7, 11) is -2.81. The second-order valence-electron chi connectivity index (χ2n) is 4.43. The lowest BCUT2D eigenvalue weighted by molar-refractivity contribution is 0.260. The van der Waals surface area contributed by atoms with Crippen molar-refractivity contribution in [3.8, 4) is 0 Å². The van der Waals surface area contributed by atoms with Crippen molar-refractivity contribution < 1.29 is 12.8 Å². The normalized spacial score (nSPS) is 20.6. The zero-order chi connectivity index (χ0) is 12.5. The van der Waals surface area contributed by atoms with Crippen molar-refractivity contribution in [3.63, 3.8) is 0 Å². The van der Waals surface area contributed by atoms with Gasteiger partial charge < -0.3 is 10.2 Å². The Balaban J connectivity index is 1.97. The number of furan rings is 1. The number of hydrogen-bond donors (Lipinski definition) is 1. The van der Waals surface area contributed by atoms with Gasteiger partial charge in [-0.15, -0.1) is 0 Å². The lowest BCUT2D eigenvalue weighted by Gasteiger charge is -2.25. The van der Waals surface area contributed by atoms with Gasteiger partial charge in [-0.2, -0.15) is 0 Å². The Morgan fingerprint density at radius 2 is 2.06 bits per heavy atom. The van der Waals surface area contributed by atoms with Gasteiger partial charge in [0.15, 0.2) is 9.84 Å². The van der Waals surface area contributed by atoms with Crippen LogP contribution >= 0.6 is 0 Å². The van der Waals surface area contributed by atoms with Crippen molar-refractivity contribution in [1.82, 2.24) is 4.90 Å². The van der Waals surface area contributed by atoms with Crippen LogP contribution in [0.1, 0.15) is 17.1 Å². The van der Waals surface area contributed by atoms with E-state index in [4.69, 9.17) is 10.2 Å². The molecule has 0 amide bonds. The second kappa shape index (κ2) is 4.80. The van der Waals surface area contributed by atoms with Crippen molar-refractivity contribution in [2.75, 3.05) is 24.6 Å². The molecule has 1 saturated heterocycles. The summed E-state index contributed by atoms with van der Waals surface area (Å²) < 4.78 is 28.2. The minimum atomic E-state index is -2.81. The Hall–Kier alpha value is -0.850. The van der Waals surface area contributed by atoms with E-state index >= 15 is 0 Å². The Kier molecular flexibility index (Phi) is 3.56. The molecule has 0 aliphatic carbocycles. The van der Waals surface area contributed by atoms with Gasteiger partial charge in [0, 0.05) is 25.2 Å². The molecule has 96 valence electrons. The number of hydrogen-bond acceptors (Lipinski definition) is 5. The highest BCUT2D eigenvalue weighted by atomic mass is 32.2. The molecule has 0 atom stereocenters. The van der Waals surface area contributed by atoms with Gasteiger partial charge in [0.1, 0.15) is 11.5 Å². The van der Waals surface area contributed by atoms with Crippen molar-refractivity contribution in [2.24, 2.45) is 5.73 Å². The van der Waals surface area contributed by atoms with E-state index in [9.17, 15) is 8.42 Å². The fourth-order valence-corrected chi connectivity index (χ4v) is 3.27. The van der Waals surface area contributed by atoms with E-state index in [-0.39, 0.29) is 11.5 Å². The van der Waals surface area contributed by atoms with E-state index in [1.54, 1.807) is 0 Å². The van der Waals surface area contributed by atoms with Gasteiger partial charge in [-0.1, -0.05) is 0 Å². The van der Waals surface area contributed by atoms with Gasteiger partial charge in [-0.3, -0.25) is 4.90 Å². The summed E-state index contributed by atoms with van der Waals surface area (Å²) in [5, 5.41) is 0. The number of nitrogens with two attached hydrogens (primary N) is 1. The Bertz CT molecular complexity index is 479. The molecule has 2 rings (SSSR count). The summed E-state index contributed by atoms with van der Waals surface area (Å²) in [6, 6.07) is 1.96.